The predicted molar refractivity (Wildman–Crippen MR) is 101 cm³/mol. The molecule has 0 radical (unpaired) electrons. The van der Waals surface area contributed by atoms with Crippen LogP contribution < -0.4 is 15.0 Å². The van der Waals surface area contributed by atoms with Crippen LogP contribution >= 0.6 is 39.1 Å². The van der Waals surface area contributed by atoms with E-state index < -0.39 is 5.56 Å². The van der Waals surface area contributed by atoms with Gasteiger partial charge >= 0.3 is 0 Å². The quantitative estimate of drug-likeness (QED) is 0.564. The van der Waals surface area contributed by atoms with E-state index in [0.717, 1.165) is 4.68 Å². The summed E-state index contributed by atoms with van der Waals surface area (Å²) in [5.41, 5.74) is -0.0361. The summed E-state index contributed by atoms with van der Waals surface area (Å²) in [6.45, 7) is 0. The Kier molecular flexibility index (Phi) is 5.32. The number of halogens is 3. The van der Waals surface area contributed by atoms with Crippen molar-refractivity contribution in [2.45, 2.75) is 0 Å². The Morgan fingerprint density at radius 2 is 1.76 bits per heavy atom. The molecule has 0 unspecified atom stereocenters. The molecule has 2 aromatic carbocycles. The minimum Gasteiger partial charge on any atom is -0.497 e. The maximum Gasteiger partial charge on any atom is 0.289 e. The van der Waals surface area contributed by atoms with Crippen LogP contribution in [0.15, 0.2) is 57.9 Å². The predicted octanol–water partition coefficient (Wildman–Crippen LogP) is 5.10. The van der Waals surface area contributed by atoms with Gasteiger partial charge in [0, 0.05) is 5.02 Å². The van der Waals surface area contributed by atoms with Gasteiger partial charge in [0.05, 0.1) is 24.0 Å². The van der Waals surface area contributed by atoms with E-state index in [-0.39, 0.29) is 10.2 Å². The zero-order chi connectivity index (χ0) is 18.0. The summed E-state index contributed by atoms with van der Waals surface area (Å²) >= 11 is 15.4. The molecule has 0 N–H and O–H groups in total. The average Bonchev–Trinajstić information content (AvgIpc) is 2.62. The van der Waals surface area contributed by atoms with Gasteiger partial charge in [-0.1, -0.05) is 23.2 Å². The first-order valence-electron chi connectivity index (χ1n) is 7.05. The van der Waals surface area contributed by atoms with Crippen molar-refractivity contribution >= 4 is 39.1 Å². The number of methoxy groups -OCH3 is 1. The van der Waals surface area contributed by atoms with Crippen LogP contribution in [-0.2, 0) is 0 Å². The average molecular weight is 442 g/mol. The highest BCUT2D eigenvalue weighted by Gasteiger charge is 2.14. The van der Waals surface area contributed by atoms with Crippen LogP contribution in [0.1, 0.15) is 0 Å². The molecule has 5 nitrogen and oxygen atoms in total. The minimum atomic E-state index is -0.421. The molecule has 3 rings (SSSR count). The Morgan fingerprint density at radius 1 is 1.08 bits per heavy atom. The van der Waals surface area contributed by atoms with Crippen LogP contribution in [0.3, 0.4) is 0 Å². The number of ether oxygens (including phenoxy) is 2. The first kappa shape index (κ1) is 17.8. The van der Waals surface area contributed by atoms with Crippen molar-refractivity contribution < 1.29 is 9.47 Å². The van der Waals surface area contributed by atoms with Crippen LogP contribution in [0.2, 0.25) is 10.0 Å². The normalized spacial score (nSPS) is 10.6. The lowest BCUT2D eigenvalue weighted by Crippen LogP contribution is -2.22. The molecular formula is C17H11BrCl2N2O3. The molecule has 0 spiro atoms. The second kappa shape index (κ2) is 7.47. The number of hydrogen-bond acceptors (Lipinski definition) is 4. The van der Waals surface area contributed by atoms with Gasteiger partial charge in [0.1, 0.15) is 16.0 Å². The number of nitrogens with zero attached hydrogens (tertiary/aromatic N) is 2. The monoisotopic (exact) mass is 440 g/mol. The third-order valence-electron chi connectivity index (χ3n) is 3.31. The fraction of sp³-hybridized carbons (Fsp3) is 0.0588. The van der Waals surface area contributed by atoms with Gasteiger partial charge in [0.15, 0.2) is 5.75 Å². The second-order valence-corrected chi connectivity index (χ2v) is 6.55. The molecule has 1 aromatic heterocycles. The Balaban J connectivity index is 1.97. The van der Waals surface area contributed by atoms with Gasteiger partial charge in [0.2, 0.25) is 0 Å². The molecule has 1 heterocycles. The molecular weight excluding hydrogens is 431 g/mol. The first-order chi connectivity index (χ1) is 12.0. The van der Waals surface area contributed by atoms with Crippen LogP contribution in [-0.4, -0.2) is 16.9 Å². The SMILES string of the molecule is COc1ccc(Oc2cnn(-c3cc(Cl)ccc3Cl)c(=O)c2Br)cc1. The topological polar surface area (TPSA) is 53.4 Å². The zero-order valence-electron chi connectivity index (χ0n) is 12.9. The van der Waals surface area contributed by atoms with E-state index in [1.54, 1.807) is 49.6 Å². The summed E-state index contributed by atoms with van der Waals surface area (Å²) < 4.78 is 12.2. The van der Waals surface area contributed by atoms with Crippen molar-refractivity contribution in [3.8, 4) is 22.9 Å². The maximum absolute atomic E-state index is 12.6. The van der Waals surface area contributed by atoms with Crippen molar-refractivity contribution in [2.75, 3.05) is 7.11 Å². The molecule has 0 aliphatic rings. The Bertz CT molecular complexity index is 975. The van der Waals surface area contributed by atoms with E-state index in [9.17, 15) is 4.79 Å². The van der Waals surface area contributed by atoms with E-state index in [1.165, 1.54) is 6.20 Å². The van der Waals surface area contributed by atoms with Crippen molar-refractivity contribution in [3.05, 3.63) is 73.5 Å². The molecule has 128 valence electrons. The van der Waals surface area contributed by atoms with Crippen LogP contribution in [0.4, 0.5) is 0 Å². The van der Waals surface area contributed by atoms with E-state index in [1.807, 2.05) is 0 Å². The molecule has 8 heteroatoms. The maximum atomic E-state index is 12.6. The lowest BCUT2D eigenvalue weighted by Gasteiger charge is -2.11. The number of rotatable bonds is 4. The van der Waals surface area contributed by atoms with Crippen LogP contribution in [0, 0.1) is 0 Å². The van der Waals surface area contributed by atoms with Gasteiger partial charge in [-0.15, -0.1) is 0 Å². The Labute approximate surface area is 161 Å². The van der Waals surface area contributed by atoms with E-state index in [0.29, 0.717) is 27.2 Å². The number of hydrogen-bond donors (Lipinski definition) is 0. The summed E-state index contributed by atoms with van der Waals surface area (Å²) in [6, 6.07) is 11.8. The van der Waals surface area contributed by atoms with Crippen molar-refractivity contribution in [3.63, 3.8) is 0 Å². The van der Waals surface area contributed by atoms with Gasteiger partial charge in [-0.05, 0) is 58.4 Å². The van der Waals surface area contributed by atoms with Gasteiger partial charge in [0.25, 0.3) is 5.56 Å². The summed E-state index contributed by atoms with van der Waals surface area (Å²) in [5, 5.41) is 4.93. The lowest BCUT2D eigenvalue weighted by molar-refractivity contribution is 0.412. The molecule has 0 aliphatic carbocycles. The number of benzene rings is 2. The minimum absolute atomic E-state index is 0.217. The van der Waals surface area contributed by atoms with Crippen molar-refractivity contribution in [1.82, 2.24) is 9.78 Å². The third-order valence-corrected chi connectivity index (χ3v) is 4.60. The van der Waals surface area contributed by atoms with E-state index >= 15 is 0 Å². The molecule has 3 aromatic rings. The second-order valence-electron chi connectivity index (χ2n) is 4.91. The van der Waals surface area contributed by atoms with Crippen molar-refractivity contribution in [2.24, 2.45) is 0 Å². The standard InChI is InChI=1S/C17H11BrCl2N2O3/c1-24-11-3-5-12(6-4-11)25-15-9-21-22(17(23)16(15)18)14-8-10(19)2-7-13(14)20/h2-9H,1H3. The number of aromatic nitrogens is 2. The molecule has 0 saturated heterocycles. The highest BCUT2D eigenvalue weighted by Crippen LogP contribution is 2.29. The summed E-state index contributed by atoms with van der Waals surface area (Å²) in [7, 11) is 1.58. The molecule has 0 bridgehead atoms. The zero-order valence-corrected chi connectivity index (χ0v) is 16.0. The molecule has 25 heavy (non-hydrogen) atoms. The lowest BCUT2D eigenvalue weighted by atomic mass is 10.3. The van der Waals surface area contributed by atoms with Gasteiger partial charge in [-0.25, -0.2) is 0 Å². The van der Waals surface area contributed by atoms with Gasteiger partial charge in [-0.3, -0.25) is 4.79 Å². The molecule has 0 amide bonds. The van der Waals surface area contributed by atoms with E-state index in [2.05, 4.69) is 21.0 Å². The third kappa shape index (κ3) is 3.81. The summed E-state index contributed by atoms with van der Waals surface area (Å²) in [4.78, 5) is 12.6. The van der Waals surface area contributed by atoms with Crippen molar-refractivity contribution in [1.29, 1.82) is 0 Å². The summed E-state index contributed by atoms with van der Waals surface area (Å²) in [5.74, 6) is 1.53. The Morgan fingerprint density at radius 3 is 2.44 bits per heavy atom. The van der Waals surface area contributed by atoms with Gasteiger partial charge in [-0.2, -0.15) is 9.78 Å². The fourth-order valence-corrected chi connectivity index (χ4v) is 2.79. The van der Waals surface area contributed by atoms with Crippen LogP contribution in [0.25, 0.3) is 5.69 Å². The van der Waals surface area contributed by atoms with Crippen LogP contribution in [0.5, 0.6) is 17.2 Å². The van der Waals surface area contributed by atoms with Gasteiger partial charge < -0.3 is 9.47 Å². The Hall–Kier alpha value is -2.02. The summed E-state index contributed by atoms with van der Waals surface area (Å²) in [6.07, 6.45) is 1.42. The van der Waals surface area contributed by atoms with E-state index in [4.69, 9.17) is 32.7 Å². The highest BCUT2D eigenvalue weighted by atomic mass is 79.9. The highest BCUT2D eigenvalue weighted by molar-refractivity contribution is 9.10. The molecule has 0 fully saturated rings. The fourth-order valence-electron chi connectivity index (χ4n) is 2.08. The molecule has 0 atom stereocenters. The molecule has 0 aliphatic heterocycles. The first-order valence-corrected chi connectivity index (χ1v) is 8.59. The smallest absolute Gasteiger partial charge is 0.289 e. The molecule has 0 saturated carbocycles. The largest absolute Gasteiger partial charge is 0.497 e.